The molecule has 0 radical (unpaired) electrons. The summed E-state index contributed by atoms with van der Waals surface area (Å²) in [5.41, 5.74) is 6.17. The lowest BCUT2D eigenvalue weighted by Gasteiger charge is -2.05. The van der Waals surface area contributed by atoms with E-state index < -0.39 is 0 Å². The molecule has 5 rings (SSSR count). The number of unbranched alkanes of at least 4 members (excludes halogenated alkanes) is 1. The van der Waals surface area contributed by atoms with E-state index in [0.29, 0.717) is 0 Å². The molecule has 2 heterocycles. The molecule has 0 aliphatic carbocycles. The lowest BCUT2D eigenvalue weighted by molar-refractivity contribution is -0.777. The highest BCUT2D eigenvalue weighted by Gasteiger charge is 2.12. The van der Waals surface area contributed by atoms with Gasteiger partial charge in [0.15, 0.2) is 6.20 Å². The van der Waals surface area contributed by atoms with E-state index in [9.17, 15) is 5.26 Å². The van der Waals surface area contributed by atoms with Crippen LogP contribution in [-0.2, 0) is 22.5 Å². The number of para-hydroxylation sites is 2. The Hall–Kier alpha value is -3.16. The van der Waals surface area contributed by atoms with Crippen LogP contribution < -0.4 is 9.82 Å². The number of aryl methyl sites for hydroxylation is 2. The van der Waals surface area contributed by atoms with Crippen LogP contribution >= 0.6 is 12.0 Å². The van der Waals surface area contributed by atoms with Crippen molar-refractivity contribution in [3.05, 3.63) is 90.1 Å². The molecule has 2 aromatic heterocycles. The summed E-state index contributed by atoms with van der Waals surface area (Å²) in [5.74, 6) is 0.725. The smallest absolute Gasteiger partial charge is 0.213 e. The molecule has 3 aromatic carbocycles. The largest absolute Gasteiger partial charge is 0.691 e. The van der Waals surface area contributed by atoms with Crippen molar-refractivity contribution in [1.82, 2.24) is 4.57 Å². The number of nitrogens with zero attached hydrogens (tertiary/aromatic N) is 2. The molecule has 0 bridgehead atoms. The molecule has 6 heteroatoms. The van der Waals surface area contributed by atoms with Crippen molar-refractivity contribution >= 4 is 56.9 Å². The number of hydrogen-bond acceptors (Lipinski definition) is 4. The molecule has 0 N–H and O–H groups in total. The zero-order valence-electron chi connectivity index (χ0n) is 19.7. The predicted octanol–water partition coefficient (Wildman–Crippen LogP) is 6.08. The van der Waals surface area contributed by atoms with Gasteiger partial charge in [-0.3, -0.25) is 5.04 Å². The molecule has 0 spiro atoms. The third-order valence-corrected chi connectivity index (χ3v) is 7.09. The molecule has 0 saturated carbocycles. The monoisotopic (exact) mass is 484 g/mol. The lowest BCUT2D eigenvalue weighted by atomic mass is 10.1. The van der Waals surface area contributed by atoms with Gasteiger partial charge in [-0.25, -0.2) is 0 Å². The van der Waals surface area contributed by atoms with E-state index in [1.54, 1.807) is 0 Å². The van der Waals surface area contributed by atoms with Crippen molar-refractivity contribution in [1.29, 1.82) is 0 Å². The minimum atomic E-state index is 0.725. The van der Waals surface area contributed by atoms with Crippen molar-refractivity contribution < 1.29 is 19.2 Å². The summed E-state index contributed by atoms with van der Waals surface area (Å²) in [7, 11) is 0. The molecule has 0 atom stereocenters. The Labute approximate surface area is 209 Å². The van der Waals surface area contributed by atoms with Crippen LogP contribution in [0.1, 0.15) is 30.9 Å². The number of aromatic nitrogens is 2. The molecular formula is C29H28N2O3S. The molecule has 178 valence electrons. The second-order valence-electron chi connectivity index (χ2n) is 8.52. The van der Waals surface area contributed by atoms with E-state index in [1.807, 2.05) is 0 Å². The number of fused-ring (bicyclic) bond motifs is 4. The van der Waals surface area contributed by atoms with Crippen molar-refractivity contribution in [3.63, 3.8) is 0 Å². The first-order valence-electron chi connectivity index (χ1n) is 12.0. The highest BCUT2D eigenvalue weighted by atomic mass is 32.2. The molecular weight excluding hydrogens is 456 g/mol. The number of rotatable bonds is 10. The van der Waals surface area contributed by atoms with Gasteiger partial charge < -0.3 is 9.82 Å². The summed E-state index contributed by atoms with van der Waals surface area (Å²) in [6.45, 7) is 4.06. The van der Waals surface area contributed by atoms with Gasteiger partial charge in [0.05, 0.1) is 5.39 Å². The summed E-state index contributed by atoms with van der Waals surface area (Å²) < 4.78 is 9.00. The summed E-state index contributed by atoms with van der Waals surface area (Å²) in [4.78, 5) is 0. The first-order chi connectivity index (χ1) is 17.3. The van der Waals surface area contributed by atoms with E-state index in [4.69, 9.17) is 0 Å². The van der Waals surface area contributed by atoms with E-state index in [2.05, 4.69) is 117 Å². The molecule has 0 fully saturated rings. The van der Waals surface area contributed by atoms with E-state index in [-0.39, 0.29) is 0 Å². The van der Waals surface area contributed by atoms with Crippen LogP contribution in [-0.4, -0.2) is 10.3 Å². The van der Waals surface area contributed by atoms with Gasteiger partial charge in [0, 0.05) is 64.7 Å². The fourth-order valence-corrected chi connectivity index (χ4v) is 5.28. The maximum absolute atomic E-state index is 9.88. The maximum Gasteiger partial charge on any atom is 0.213 e. The Morgan fingerprint density at radius 3 is 2.54 bits per heavy atom. The first kappa shape index (κ1) is 23.6. The predicted molar refractivity (Wildman–Crippen MR) is 142 cm³/mol. The lowest BCUT2D eigenvalue weighted by Crippen LogP contribution is -2.34. The second kappa shape index (κ2) is 11.1. The third kappa shape index (κ3) is 4.97. The number of pyridine rings is 1. The molecule has 0 aliphatic heterocycles. The van der Waals surface area contributed by atoms with Crippen LogP contribution in [0.5, 0.6) is 0 Å². The average Bonchev–Trinajstić information content (AvgIpc) is 3.23. The van der Waals surface area contributed by atoms with Gasteiger partial charge in [-0.15, -0.1) is 0 Å². The van der Waals surface area contributed by atoms with Crippen LogP contribution in [0.25, 0.3) is 44.9 Å². The minimum absolute atomic E-state index is 0.725. The normalized spacial score (nSPS) is 11.9. The Morgan fingerprint density at radius 1 is 0.886 bits per heavy atom. The van der Waals surface area contributed by atoms with Crippen molar-refractivity contribution in [2.75, 3.05) is 5.75 Å². The highest BCUT2D eigenvalue weighted by Crippen LogP contribution is 2.30. The Balaban J connectivity index is 1.41. The molecule has 5 aromatic rings. The first-order valence-corrected chi connectivity index (χ1v) is 12.9. The molecule has 0 amide bonds. The van der Waals surface area contributed by atoms with E-state index >= 15 is 0 Å². The summed E-state index contributed by atoms with van der Waals surface area (Å²) in [6.07, 6.45) is 8.51. The zero-order valence-corrected chi connectivity index (χ0v) is 20.5. The summed E-state index contributed by atoms with van der Waals surface area (Å²) >= 11 is 1.05. The molecule has 0 aliphatic rings. The van der Waals surface area contributed by atoms with E-state index in [1.165, 1.54) is 43.8 Å². The number of hydrogen-bond donors (Lipinski definition) is 0. The van der Waals surface area contributed by atoms with Gasteiger partial charge in [-0.2, -0.15) is 8.90 Å². The SMILES string of the molecule is CCn1c2ccccc2c2cc(C=Cc3cc[n+](CCCCSOO[O-])c4ccccc34)ccc21. The fourth-order valence-electron chi connectivity index (χ4n) is 4.85. The van der Waals surface area contributed by atoms with Crippen LogP contribution in [0.4, 0.5) is 0 Å². The Kier molecular flexibility index (Phi) is 7.45. The molecule has 0 saturated heterocycles. The number of benzene rings is 3. The quantitative estimate of drug-likeness (QED) is 0.0793. The molecule has 0 unspecified atom stereocenters. The van der Waals surface area contributed by atoms with Gasteiger partial charge >= 0.3 is 0 Å². The van der Waals surface area contributed by atoms with Gasteiger partial charge in [-0.05, 0) is 48.7 Å². The van der Waals surface area contributed by atoms with E-state index in [0.717, 1.165) is 43.7 Å². The second-order valence-corrected chi connectivity index (χ2v) is 9.30. The average molecular weight is 485 g/mol. The third-order valence-electron chi connectivity index (χ3n) is 6.48. The van der Waals surface area contributed by atoms with Crippen LogP contribution in [0, 0.1) is 0 Å². The van der Waals surface area contributed by atoms with Crippen molar-refractivity contribution in [2.24, 2.45) is 0 Å². The van der Waals surface area contributed by atoms with Crippen molar-refractivity contribution in [2.45, 2.75) is 32.9 Å². The fraction of sp³-hybridized carbons (Fsp3) is 0.207. The maximum atomic E-state index is 9.88. The molecule has 35 heavy (non-hydrogen) atoms. The summed E-state index contributed by atoms with van der Waals surface area (Å²) in [5, 5.41) is 17.1. The van der Waals surface area contributed by atoms with Gasteiger partial charge in [-0.1, -0.05) is 48.6 Å². The minimum Gasteiger partial charge on any atom is -0.691 e. The van der Waals surface area contributed by atoms with Crippen LogP contribution in [0.2, 0.25) is 0 Å². The van der Waals surface area contributed by atoms with Gasteiger partial charge in [0.25, 0.3) is 0 Å². The standard InChI is InChI=1S/C29H28N2O3S/c1-2-31-28-12-6-4-10-25(28)26-21-22(14-16-29(26)31)13-15-23-17-19-30(18-7-8-20-35-34-33-32)27-11-5-3-9-24(23)27/h3-6,9-17,19,21H,2,7-8,18,20H2,1H3. The van der Waals surface area contributed by atoms with Crippen LogP contribution in [0.15, 0.2) is 79.0 Å². The zero-order chi connectivity index (χ0) is 24.0. The topological polar surface area (TPSA) is 50.3 Å². The van der Waals surface area contributed by atoms with Crippen molar-refractivity contribution in [3.8, 4) is 0 Å². The van der Waals surface area contributed by atoms with Gasteiger partial charge in [0.1, 0.15) is 6.54 Å². The van der Waals surface area contributed by atoms with Gasteiger partial charge in [0.2, 0.25) is 5.52 Å². The van der Waals surface area contributed by atoms with Crippen LogP contribution in [0.3, 0.4) is 0 Å². The Bertz CT molecular complexity index is 1490. The highest BCUT2D eigenvalue weighted by molar-refractivity contribution is 7.94. The molecule has 5 nitrogen and oxygen atoms in total. The summed E-state index contributed by atoms with van der Waals surface area (Å²) in [6, 6.07) is 26.1. The Morgan fingerprint density at radius 2 is 1.69 bits per heavy atom.